The Morgan fingerprint density at radius 3 is 2.35 bits per heavy atom. The molecule has 0 amide bonds. The zero-order chi connectivity index (χ0) is 24.9. The van der Waals surface area contributed by atoms with E-state index in [0.29, 0.717) is 11.3 Å². The molecule has 1 heterocycles. The molecule has 0 aliphatic heterocycles. The largest absolute Gasteiger partial charge is 0.460 e. The molecule has 0 saturated heterocycles. The fraction of sp³-hybridized carbons (Fsp3) is 0.250. The van der Waals surface area contributed by atoms with Crippen LogP contribution in [0.1, 0.15) is 59.1 Å². The second-order valence-corrected chi connectivity index (χ2v) is 9.27. The number of carbonyl (C=O) groups is 2. The number of carbonyl (C=O) groups excluding carboxylic acids is 2. The molecule has 174 valence electrons. The Labute approximate surface area is 204 Å². The molecule has 0 unspecified atom stereocenters. The van der Waals surface area contributed by atoms with Gasteiger partial charge in [-0.05, 0) is 63.1 Å². The maximum atomic E-state index is 15.2. The molecule has 3 aromatic rings. The van der Waals surface area contributed by atoms with Crippen LogP contribution in [0.2, 0.25) is 5.02 Å². The lowest BCUT2D eigenvalue weighted by Gasteiger charge is -2.19. The summed E-state index contributed by atoms with van der Waals surface area (Å²) in [6.07, 6.45) is 1.15. The van der Waals surface area contributed by atoms with E-state index in [1.165, 1.54) is 12.1 Å². The lowest BCUT2D eigenvalue weighted by atomic mass is 9.99. The normalized spacial score (nSPS) is 10.9. The van der Waals surface area contributed by atoms with Gasteiger partial charge in [-0.2, -0.15) is 0 Å². The summed E-state index contributed by atoms with van der Waals surface area (Å²) in [6, 6.07) is 14.2. The van der Waals surface area contributed by atoms with Crippen LogP contribution in [-0.4, -0.2) is 22.3 Å². The Kier molecular flexibility index (Phi) is 7.86. The number of hydrogen-bond acceptors (Lipinski definition) is 4. The molecule has 6 heteroatoms. The third kappa shape index (κ3) is 6.76. The van der Waals surface area contributed by atoms with Crippen LogP contribution in [0.5, 0.6) is 0 Å². The van der Waals surface area contributed by atoms with Gasteiger partial charge in [-0.15, -0.1) is 0 Å². The van der Waals surface area contributed by atoms with Gasteiger partial charge in [0, 0.05) is 17.3 Å². The van der Waals surface area contributed by atoms with Crippen molar-refractivity contribution in [3.63, 3.8) is 0 Å². The molecule has 3 rings (SSSR count). The summed E-state index contributed by atoms with van der Waals surface area (Å²) in [5.74, 6) is 4.19. The monoisotopic (exact) mass is 477 g/mol. The minimum atomic E-state index is -0.814. The van der Waals surface area contributed by atoms with Crippen LogP contribution in [0.15, 0.2) is 54.7 Å². The fourth-order valence-electron chi connectivity index (χ4n) is 3.28. The number of halogens is 2. The second-order valence-electron chi connectivity index (χ2n) is 8.86. The van der Waals surface area contributed by atoms with Gasteiger partial charge < -0.3 is 4.74 Å². The number of benzene rings is 2. The van der Waals surface area contributed by atoms with E-state index in [9.17, 15) is 9.59 Å². The van der Waals surface area contributed by atoms with Crippen LogP contribution in [0.25, 0.3) is 0 Å². The number of ether oxygens (including phenoxy) is 1. The predicted octanol–water partition coefficient (Wildman–Crippen LogP) is 5.89. The summed E-state index contributed by atoms with van der Waals surface area (Å²) in [4.78, 5) is 29.5. The Morgan fingerprint density at radius 1 is 1.03 bits per heavy atom. The molecule has 2 aromatic carbocycles. The van der Waals surface area contributed by atoms with Gasteiger partial charge in [0.25, 0.3) is 0 Å². The highest BCUT2D eigenvalue weighted by atomic mass is 35.5. The quantitative estimate of drug-likeness (QED) is 0.261. The summed E-state index contributed by atoms with van der Waals surface area (Å²) in [7, 11) is 0. The van der Waals surface area contributed by atoms with Crippen molar-refractivity contribution >= 4 is 23.4 Å². The van der Waals surface area contributed by atoms with Crippen LogP contribution in [0, 0.1) is 24.6 Å². The maximum Gasteiger partial charge on any atom is 0.310 e. The van der Waals surface area contributed by atoms with E-state index in [1.807, 2.05) is 43.3 Å². The fourth-order valence-corrected chi connectivity index (χ4v) is 3.54. The first-order chi connectivity index (χ1) is 16.0. The van der Waals surface area contributed by atoms with Gasteiger partial charge in [0.1, 0.15) is 11.4 Å². The van der Waals surface area contributed by atoms with E-state index >= 15 is 4.39 Å². The predicted molar refractivity (Wildman–Crippen MR) is 130 cm³/mol. The lowest BCUT2D eigenvalue weighted by Crippen LogP contribution is -2.25. The van der Waals surface area contributed by atoms with Crippen molar-refractivity contribution in [3.05, 3.63) is 99.1 Å². The summed E-state index contributed by atoms with van der Waals surface area (Å²) in [5.41, 5.74) is 1.96. The van der Waals surface area contributed by atoms with Crippen molar-refractivity contribution in [1.82, 2.24) is 4.98 Å². The Hall–Kier alpha value is -3.49. The first kappa shape index (κ1) is 25.1. The van der Waals surface area contributed by atoms with Crippen molar-refractivity contribution in [2.24, 2.45) is 0 Å². The molecular formula is C28H25ClFNO3. The number of aromatic nitrogens is 1. The number of hydrogen-bond donors (Lipinski definition) is 0. The Balaban J connectivity index is 1.79. The van der Waals surface area contributed by atoms with Gasteiger partial charge in [0.05, 0.1) is 29.1 Å². The topological polar surface area (TPSA) is 56.3 Å². The Morgan fingerprint density at radius 2 is 1.71 bits per heavy atom. The van der Waals surface area contributed by atoms with Crippen molar-refractivity contribution in [3.8, 4) is 11.8 Å². The zero-order valence-electron chi connectivity index (χ0n) is 19.5. The molecule has 0 saturated carbocycles. The molecule has 0 atom stereocenters. The minimum Gasteiger partial charge on any atom is -0.460 e. The van der Waals surface area contributed by atoms with E-state index in [0.717, 1.165) is 11.1 Å². The number of nitrogens with zero attached hydrogens (tertiary/aromatic N) is 1. The summed E-state index contributed by atoms with van der Waals surface area (Å²) in [5, 5.41) is -0.0153. The van der Waals surface area contributed by atoms with E-state index in [2.05, 4.69) is 16.8 Å². The molecule has 0 spiro atoms. The number of aryl methyl sites for hydroxylation is 1. The average molecular weight is 478 g/mol. The van der Waals surface area contributed by atoms with Crippen LogP contribution in [0.3, 0.4) is 0 Å². The van der Waals surface area contributed by atoms with Crippen molar-refractivity contribution in [1.29, 1.82) is 0 Å². The highest BCUT2D eigenvalue weighted by molar-refractivity contribution is 6.34. The van der Waals surface area contributed by atoms with Crippen LogP contribution >= 0.6 is 11.6 Å². The molecular weight excluding hydrogens is 453 g/mol. The second kappa shape index (κ2) is 10.6. The van der Waals surface area contributed by atoms with Gasteiger partial charge in [-0.25, -0.2) is 4.39 Å². The van der Waals surface area contributed by atoms with Gasteiger partial charge in [-0.3, -0.25) is 14.6 Å². The molecule has 0 aliphatic rings. The van der Waals surface area contributed by atoms with Gasteiger partial charge in [0.2, 0.25) is 0 Å². The van der Waals surface area contributed by atoms with Gasteiger partial charge >= 0.3 is 5.97 Å². The summed E-state index contributed by atoms with van der Waals surface area (Å²) < 4.78 is 20.4. The van der Waals surface area contributed by atoms with E-state index in [1.54, 1.807) is 27.0 Å². The van der Waals surface area contributed by atoms with Crippen molar-refractivity contribution in [2.45, 2.75) is 46.1 Å². The zero-order valence-corrected chi connectivity index (χ0v) is 20.3. The number of ketones is 1. The van der Waals surface area contributed by atoms with E-state index in [-0.39, 0.29) is 29.0 Å². The highest BCUT2D eigenvalue weighted by Crippen LogP contribution is 2.25. The van der Waals surface area contributed by atoms with Gasteiger partial charge in [0.15, 0.2) is 5.78 Å². The van der Waals surface area contributed by atoms with E-state index < -0.39 is 23.2 Å². The molecule has 0 radical (unpaired) electrons. The number of Topliss-reactive ketones (excluding diaryl/α,β-unsaturated/α-hetero) is 1. The maximum absolute atomic E-state index is 15.2. The third-order valence-electron chi connectivity index (χ3n) is 4.84. The number of esters is 1. The smallest absolute Gasteiger partial charge is 0.310 e. The number of pyridine rings is 1. The minimum absolute atomic E-state index is 0.0153. The number of rotatable bonds is 5. The first-order valence-corrected chi connectivity index (χ1v) is 11.2. The SMILES string of the molecule is Cc1cc(C#Cc2ccccc2)cnc1CC(=O)c1c(Cl)ccc(CC(=O)OC(C)(C)C)c1F. The first-order valence-electron chi connectivity index (χ1n) is 10.8. The molecule has 0 fully saturated rings. The molecule has 0 bridgehead atoms. The molecule has 4 nitrogen and oxygen atoms in total. The molecule has 1 aromatic heterocycles. The summed E-state index contributed by atoms with van der Waals surface area (Å²) in [6.45, 7) is 7.00. The molecule has 0 N–H and O–H groups in total. The van der Waals surface area contributed by atoms with Crippen molar-refractivity contribution < 1.29 is 18.7 Å². The standard InChI is InChI=1S/C28H25ClFNO3/c1-18-14-20(11-10-19-8-6-5-7-9-19)17-31-23(18)16-24(32)26-22(29)13-12-21(27(26)30)15-25(33)34-28(2,3)4/h5-9,12-14,17H,15-16H2,1-4H3. The molecule has 0 aliphatic carbocycles. The average Bonchev–Trinajstić information content (AvgIpc) is 2.75. The van der Waals surface area contributed by atoms with Gasteiger partial charge in [-0.1, -0.05) is 47.7 Å². The van der Waals surface area contributed by atoms with Crippen LogP contribution < -0.4 is 0 Å². The highest BCUT2D eigenvalue weighted by Gasteiger charge is 2.23. The lowest BCUT2D eigenvalue weighted by molar-refractivity contribution is -0.153. The van der Waals surface area contributed by atoms with E-state index in [4.69, 9.17) is 16.3 Å². The van der Waals surface area contributed by atoms with Crippen molar-refractivity contribution in [2.75, 3.05) is 0 Å². The molecule has 34 heavy (non-hydrogen) atoms. The van der Waals surface area contributed by atoms with Crippen LogP contribution in [-0.2, 0) is 22.4 Å². The third-order valence-corrected chi connectivity index (χ3v) is 5.16. The summed E-state index contributed by atoms with van der Waals surface area (Å²) >= 11 is 6.15. The Bertz CT molecular complexity index is 1280. The van der Waals surface area contributed by atoms with Crippen LogP contribution in [0.4, 0.5) is 4.39 Å².